The Morgan fingerprint density at radius 3 is 2.55 bits per heavy atom. The van der Waals surface area contributed by atoms with Gasteiger partial charge < -0.3 is 4.74 Å². The Hall–Kier alpha value is -1.49. The molecule has 108 valence electrons. The van der Waals surface area contributed by atoms with E-state index < -0.39 is 0 Å². The molecule has 20 heavy (non-hydrogen) atoms. The highest BCUT2D eigenvalue weighted by Crippen LogP contribution is 2.34. The van der Waals surface area contributed by atoms with Gasteiger partial charge in [0.2, 0.25) is 0 Å². The average molecular weight is 271 g/mol. The summed E-state index contributed by atoms with van der Waals surface area (Å²) in [5.41, 5.74) is 1.32. The quantitative estimate of drug-likeness (QED) is 0.775. The van der Waals surface area contributed by atoms with Gasteiger partial charge in [0, 0.05) is 0 Å². The molecule has 2 nitrogen and oxygen atoms in total. The number of nitrogens with zero attached hydrogens (tertiary/aromatic N) is 1. The van der Waals surface area contributed by atoms with Crippen molar-refractivity contribution < 1.29 is 4.74 Å². The third-order valence-electron chi connectivity index (χ3n) is 4.38. The predicted octanol–water partition coefficient (Wildman–Crippen LogP) is 4.74. The van der Waals surface area contributed by atoms with Crippen molar-refractivity contribution in [3.05, 3.63) is 29.8 Å². The van der Waals surface area contributed by atoms with Crippen molar-refractivity contribution in [2.24, 2.45) is 11.8 Å². The van der Waals surface area contributed by atoms with E-state index in [2.05, 4.69) is 32.0 Å². The molecule has 3 atom stereocenters. The SMILES string of the molecule is CCCC1CCC(C#N)C(Oc2ccc(CC)cc2)C1. The van der Waals surface area contributed by atoms with Crippen LogP contribution < -0.4 is 4.74 Å². The van der Waals surface area contributed by atoms with Gasteiger partial charge in [0.25, 0.3) is 0 Å². The van der Waals surface area contributed by atoms with E-state index in [1.165, 1.54) is 24.8 Å². The number of ether oxygens (including phenoxy) is 1. The lowest BCUT2D eigenvalue weighted by Gasteiger charge is -2.33. The summed E-state index contributed by atoms with van der Waals surface area (Å²) in [7, 11) is 0. The molecule has 0 aliphatic heterocycles. The van der Waals surface area contributed by atoms with Crippen LogP contribution in [0.5, 0.6) is 5.75 Å². The fourth-order valence-corrected chi connectivity index (χ4v) is 3.14. The van der Waals surface area contributed by atoms with Crippen LogP contribution in [0, 0.1) is 23.2 Å². The van der Waals surface area contributed by atoms with Crippen molar-refractivity contribution in [1.29, 1.82) is 5.26 Å². The van der Waals surface area contributed by atoms with Crippen molar-refractivity contribution in [3.8, 4) is 11.8 Å². The van der Waals surface area contributed by atoms with Crippen molar-refractivity contribution >= 4 is 0 Å². The molecule has 1 saturated carbocycles. The van der Waals surface area contributed by atoms with E-state index in [4.69, 9.17) is 4.74 Å². The number of rotatable bonds is 5. The Morgan fingerprint density at radius 2 is 1.95 bits per heavy atom. The lowest BCUT2D eigenvalue weighted by Crippen LogP contribution is -2.33. The number of hydrogen-bond donors (Lipinski definition) is 0. The highest BCUT2D eigenvalue weighted by Gasteiger charge is 2.31. The summed E-state index contributed by atoms with van der Waals surface area (Å²) in [6.07, 6.45) is 6.79. The lowest BCUT2D eigenvalue weighted by atomic mass is 9.78. The Balaban J connectivity index is 2.01. The van der Waals surface area contributed by atoms with Gasteiger partial charge in [0.1, 0.15) is 11.9 Å². The van der Waals surface area contributed by atoms with Crippen LogP contribution in [0.3, 0.4) is 0 Å². The second-order valence-electron chi connectivity index (χ2n) is 5.86. The lowest BCUT2D eigenvalue weighted by molar-refractivity contribution is 0.0875. The van der Waals surface area contributed by atoms with Crippen molar-refractivity contribution in [1.82, 2.24) is 0 Å². The minimum Gasteiger partial charge on any atom is -0.489 e. The fraction of sp³-hybridized carbons (Fsp3) is 0.611. The molecule has 0 spiro atoms. The second kappa shape index (κ2) is 7.33. The third-order valence-corrected chi connectivity index (χ3v) is 4.38. The maximum absolute atomic E-state index is 9.31. The van der Waals surface area contributed by atoms with Gasteiger partial charge in [-0.1, -0.05) is 38.8 Å². The first-order valence-corrected chi connectivity index (χ1v) is 7.92. The number of nitriles is 1. The minimum absolute atomic E-state index is 0.0500. The zero-order valence-electron chi connectivity index (χ0n) is 12.6. The minimum atomic E-state index is 0.0500. The topological polar surface area (TPSA) is 33.0 Å². The predicted molar refractivity (Wildman–Crippen MR) is 81.6 cm³/mol. The summed E-state index contributed by atoms with van der Waals surface area (Å²) in [5, 5.41) is 9.31. The Morgan fingerprint density at radius 1 is 1.20 bits per heavy atom. The first kappa shape index (κ1) is 14.9. The van der Waals surface area contributed by atoms with Gasteiger partial charge in [-0.2, -0.15) is 5.26 Å². The Kier molecular flexibility index (Phi) is 5.47. The van der Waals surface area contributed by atoms with Gasteiger partial charge in [-0.3, -0.25) is 0 Å². The molecular formula is C18H25NO. The molecule has 0 amide bonds. The molecule has 0 aromatic heterocycles. The van der Waals surface area contributed by atoms with E-state index in [9.17, 15) is 5.26 Å². The average Bonchev–Trinajstić information content (AvgIpc) is 2.49. The zero-order chi connectivity index (χ0) is 14.4. The first-order valence-electron chi connectivity index (χ1n) is 7.92. The zero-order valence-corrected chi connectivity index (χ0v) is 12.6. The van der Waals surface area contributed by atoms with E-state index in [0.29, 0.717) is 0 Å². The Bertz CT molecular complexity index is 445. The van der Waals surface area contributed by atoms with E-state index in [0.717, 1.165) is 30.9 Å². The van der Waals surface area contributed by atoms with Crippen molar-refractivity contribution in [3.63, 3.8) is 0 Å². The van der Waals surface area contributed by atoms with Crippen molar-refractivity contribution in [2.45, 2.75) is 58.5 Å². The summed E-state index contributed by atoms with van der Waals surface area (Å²) in [4.78, 5) is 0. The molecule has 0 saturated heterocycles. The van der Waals surface area contributed by atoms with Crippen molar-refractivity contribution in [2.75, 3.05) is 0 Å². The third kappa shape index (κ3) is 3.76. The van der Waals surface area contributed by atoms with Gasteiger partial charge in [-0.25, -0.2) is 0 Å². The normalized spacial score (nSPS) is 25.9. The summed E-state index contributed by atoms with van der Waals surface area (Å²) < 4.78 is 6.11. The molecule has 2 rings (SSSR count). The van der Waals surface area contributed by atoms with E-state index >= 15 is 0 Å². The summed E-state index contributed by atoms with van der Waals surface area (Å²) in [5.74, 6) is 1.68. The van der Waals surface area contributed by atoms with Crippen LogP contribution in [0.2, 0.25) is 0 Å². The van der Waals surface area contributed by atoms with Crippen LogP contribution in [0.4, 0.5) is 0 Å². The maximum Gasteiger partial charge on any atom is 0.119 e. The number of aryl methyl sites for hydroxylation is 1. The van der Waals surface area contributed by atoms with Gasteiger partial charge in [-0.05, 0) is 49.3 Å². The monoisotopic (exact) mass is 271 g/mol. The van der Waals surface area contributed by atoms with Crippen LogP contribution in [0.1, 0.15) is 51.5 Å². The molecule has 1 fully saturated rings. The molecule has 0 radical (unpaired) electrons. The molecule has 1 aliphatic rings. The Labute approximate surface area is 122 Å². The molecule has 1 aromatic carbocycles. The van der Waals surface area contributed by atoms with Crippen LogP contribution in [0.25, 0.3) is 0 Å². The van der Waals surface area contributed by atoms with Crippen LogP contribution in [-0.2, 0) is 6.42 Å². The van der Waals surface area contributed by atoms with Gasteiger partial charge in [-0.15, -0.1) is 0 Å². The number of benzene rings is 1. The molecule has 3 unspecified atom stereocenters. The summed E-state index contributed by atoms with van der Waals surface area (Å²) in [6, 6.07) is 10.7. The molecule has 0 heterocycles. The highest BCUT2D eigenvalue weighted by molar-refractivity contribution is 5.27. The molecule has 1 aliphatic carbocycles. The largest absolute Gasteiger partial charge is 0.489 e. The van der Waals surface area contributed by atoms with Crippen LogP contribution in [-0.4, -0.2) is 6.10 Å². The molecule has 0 bridgehead atoms. The molecule has 2 heteroatoms. The molecule has 0 N–H and O–H groups in total. The summed E-state index contributed by atoms with van der Waals surface area (Å²) >= 11 is 0. The van der Waals surface area contributed by atoms with Gasteiger partial charge in [0.15, 0.2) is 0 Å². The number of hydrogen-bond acceptors (Lipinski definition) is 2. The van der Waals surface area contributed by atoms with E-state index in [1.54, 1.807) is 0 Å². The molecule has 1 aromatic rings. The van der Waals surface area contributed by atoms with E-state index in [1.807, 2.05) is 12.1 Å². The summed E-state index contributed by atoms with van der Waals surface area (Å²) in [6.45, 7) is 4.38. The first-order chi connectivity index (χ1) is 9.76. The highest BCUT2D eigenvalue weighted by atomic mass is 16.5. The fourth-order valence-electron chi connectivity index (χ4n) is 3.14. The smallest absolute Gasteiger partial charge is 0.119 e. The van der Waals surface area contributed by atoms with Gasteiger partial charge in [0.05, 0.1) is 12.0 Å². The second-order valence-corrected chi connectivity index (χ2v) is 5.86. The van der Waals surface area contributed by atoms with E-state index in [-0.39, 0.29) is 12.0 Å². The van der Waals surface area contributed by atoms with Crippen LogP contribution >= 0.6 is 0 Å². The van der Waals surface area contributed by atoms with Gasteiger partial charge >= 0.3 is 0 Å². The molecular weight excluding hydrogens is 246 g/mol. The van der Waals surface area contributed by atoms with Crippen LogP contribution in [0.15, 0.2) is 24.3 Å². The maximum atomic E-state index is 9.31. The standard InChI is InChI=1S/C18H25NO/c1-3-5-15-6-9-16(13-19)18(12-15)20-17-10-7-14(4-2)8-11-17/h7-8,10-11,15-16,18H,3-6,9,12H2,1-2H3.